The molecule has 8 heteroatoms. The summed E-state index contributed by atoms with van der Waals surface area (Å²) in [6.07, 6.45) is 1.39. The molecular weight excluding hydrogens is 280 g/mol. The quantitative estimate of drug-likeness (QED) is 0.614. The van der Waals surface area contributed by atoms with Crippen LogP contribution in [0.25, 0.3) is 11.0 Å². The van der Waals surface area contributed by atoms with Gasteiger partial charge in [0.2, 0.25) is 10.0 Å². The van der Waals surface area contributed by atoms with Crippen molar-refractivity contribution in [2.24, 2.45) is 0 Å². The van der Waals surface area contributed by atoms with Gasteiger partial charge >= 0.3 is 0 Å². The van der Waals surface area contributed by atoms with E-state index in [1.165, 1.54) is 18.5 Å². The summed E-state index contributed by atoms with van der Waals surface area (Å²) in [5.41, 5.74) is 1.37. The summed E-state index contributed by atoms with van der Waals surface area (Å²) in [7, 11) is -3.66. The van der Waals surface area contributed by atoms with Crippen molar-refractivity contribution in [3.05, 3.63) is 24.5 Å². The summed E-state index contributed by atoms with van der Waals surface area (Å²) in [5, 5.41) is 12.9. The van der Waals surface area contributed by atoms with Gasteiger partial charge in [-0.2, -0.15) is 0 Å². The van der Waals surface area contributed by atoms with E-state index in [1.54, 1.807) is 6.07 Å². The summed E-state index contributed by atoms with van der Waals surface area (Å²) in [6.45, 7) is 1.12. The Bertz CT molecular complexity index is 712. The van der Waals surface area contributed by atoms with Crippen LogP contribution in [-0.4, -0.2) is 48.7 Å². The van der Waals surface area contributed by atoms with E-state index in [0.29, 0.717) is 30.5 Å². The first kappa shape index (κ1) is 13.5. The summed E-state index contributed by atoms with van der Waals surface area (Å²) in [4.78, 5) is 7.09. The lowest BCUT2D eigenvalue weighted by atomic mass is 10.1. The first-order chi connectivity index (χ1) is 9.56. The Morgan fingerprint density at radius 2 is 2.25 bits per heavy atom. The van der Waals surface area contributed by atoms with Gasteiger partial charge in [-0.3, -0.25) is 0 Å². The van der Waals surface area contributed by atoms with Crippen LogP contribution in [0.2, 0.25) is 0 Å². The first-order valence-electron chi connectivity index (χ1n) is 6.40. The number of nitrogens with one attached hydrogen (secondary N) is 3. The number of hydrogen-bond acceptors (Lipinski definition) is 5. The van der Waals surface area contributed by atoms with Crippen LogP contribution in [0, 0.1) is 0 Å². The Balaban J connectivity index is 1.86. The Hall–Kier alpha value is -1.48. The minimum Gasteiger partial charge on any atom is -0.391 e. The van der Waals surface area contributed by atoms with Crippen molar-refractivity contribution in [1.29, 1.82) is 0 Å². The van der Waals surface area contributed by atoms with Crippen LogP contribution in [0.3, 0.4) is 0 Å². The fourth-order valence-electron chi connectivity index (χ4n) is 2.31. The highest BCUT2D eigenvalue weighted by atomic mass is 32.2. The van der Waals surface area contributed by atoms with Crippen LogP contribution in [0.1, 0.15) is 6.42 Å². The molecule has 1 saturated heterocycles. The van der Waals surface area contributed by atoms with Crippen molar-refractivity contribution in [1.82, 2.24) is 20.0 Å². The van der Waals surface area contributed by atoms with Crippen LogP contribution in [0.15, 0.2) is 29.4 Å². The number of fused-ring (bicyclic) bond motifs is 1. The monoisotopic (exact) mass is 296 g/mol. The molecule has 20 heavy (non-hydrogen) atoms. The number of benzene rings is 1. The predicted molar refractivity (Wildman–Crippen MR) is 73.7 cm³/mol. The molecule has 0 unspecified atom stereocenters. The van der Waals surface area contributed by atoms with Crippen molar-refractivity contribution in [2.75, 3.05) is 13.1 Å². The number of rotatable bonds is 3. The number of H-pyrrole nitrogens is 1. The summed E-state index contributed by atoms with van der Waals surface area (Å²) in [6, 6.07) is 4.18. The van der Waals surface area contributed by atoms with Crippen molar-refractivity contribution in [3.63, 3.8) is 0 Å². The van der Waals surface area contributed by atoms with E-state index in [-0.39, 0.29) is 4.90 Å². The molecule has 3 rings (SSSR count). The number of aromatic amines is 1. The molecule has 4 N–H and O–H groups in total. The molecule has 0 bridgehead atoms. The fourth-order valence-corrected chi connectivity index (χ4v) is 3.61. The number of nitrogens with zero attached hydrogens (tertiary/aromatic N) is 1. The predicted octanol–water partition coefficient (Wildman–Crippen LogP) is -0.436. The summed E-state index contributed by atoms with van der Waals surface area (Å²) < 4.78 is 27.2. The molecule has 0 amide bonds. The second-order valence-electron chi connectivity index (χ2n) is 4.87. The second-order valence-corrected chi connectivity index (χ2v) is 6.58. The topological polar surface area (TPSA) is 107 Å². The van der Waals surface area contributed by atoms with Gasteiger partial charge < -0.3 is 15.4 Å². The van der Waals surface area contributed by atoms with Crippen molar-refractivity contribution >= 4 is 21.1 Å². The van der Waals surface area contributed by atoms with Crippen molar-refractivity contribution in [2.45, 2.75) is 23.5 Å². The second kappa shape index (κ2) is 5.13. The Kier molecular flexibility index (Phi) is 3.47. The number of aromatic nitrogens is 2. The fraction of sp³-hybridized carbons (Fsp3) is 0.417. The third kappa shape index (κ3) is 2.55. The maximum atomic E-state index is 12.3. The highest BCUT2D eigenvalue weighted by molar-refractivity contribution is 7.89. The lowest BCUT2D eigenvalue weighted by Gasteiger charge is -2.28. The number of imidazole rings is 1. The largest absolute Gasteiger partial charge is 0.391 e. The average Bonchev–Trinajstić information content (AvgIpc) is 2.88. The normalized spacial score (nSPS) is 24.1. The van der Waals surface area contributed by atoms with E-state index >= 15 is 0 Å². The zero-order chi connectivity index (χ0) is 14.2. The highest BCUT2D eigenvalue weighted by Crippen LogP contribution is 2.17. The minimum atomic E-state index is -3.66. The van der Waals surface area contributed by atoms with Crippen molar-refractivity contribution < 1.29 is 13.5 Å². The van der Waals surface area contributed by atoms with E-state index in [0.717, 1.165) is 0 Å². The average molecular weight is 296 g/mol. The van der Waals surface area contributed by atoms with E-state index in [1.807, 2.05) is 0 Å². The number of aliphatic hydroxyl groups is 1. The van der Waals surface area contributed by atoms with E-state index in [9.17, 15) is 13.5 Å². The van der Waals surface area contributed by atoms with Crippen LogP contribution in [0.4, 0.5) is 0 Å². The Morgan fingerprint density at radius 3 is 3.05 bits per heavy atom. The highest BCUT2D eigenvalue weighted by Gasteiger charge is 2.28. The summed E-state index contributed by atoms with van der Waals surface area (Å²) in [5.74, 6) is 0. The molecule has 0 aliphatic carbocycles. The summed E-state index contributed by atoms with van der Waals surface area (Å²) >= 11 is 0. The third-order valence-corrected chi connectivity index (χ3v) is 4.94. The molecule has 7 nitrogen and oxygen atoms in total. The maximum Gasteiger partial charge on any atom is 0.241 e. The zero-order valence-corrected chi connectivity index (χ0v) is 11.5. The van der Waals surface area contributed by atoms with E-state index < -0.39 is 22.2 Å². The van der Waals surface area contributed by atoms with Gasteiger partial charge in [-0.25, -0.2) is 18.1 Å². The molecule has 108 valence electrons. The number of sulfonamides is 1. The standard InChI is InChI=1S/C12H16N4O3S/c17-12-3-4-13-6-11(12)16-20(18,19)8-1-2-9-10(5-8)15-7-14-9/h1-2,5,7,11-13,16-17H,3-4,6H2,(H,14,15)/t11-,12+/m0/s1. The molecule has 1 aromatic carbocycles. The number of hydrogen-bond donors (Lipinski definition) is 4. The molecule has 2 aromatic rings. The molecule has 1 aliphatic rings. The first-order valence-corrected chi connectivity index (χ1v) is 7.89. The Labute approximate surface area is 116 Å². The van der Waals surface area contributed by atoms with Crippen LogP contribution in [-0.2, 0) is 10.0 Å². The molecule has 0 spiro atoms. The molecule has 1 aromatic heterocycles. The van der Waals surface area contributed by atoms with Gasteiger partial charge in [0.15, 0.2) is 0 Å². The zero-order valence-electron chi connectivity index (χ0n) is 10.7. The number of piperidine rings is 1. The van der Waals surface area contributed by atoms with Gasteiger partial charge in [0, 0.05) is 6.54 Å². The Morgan fingerprint density at radius 1 is 1.40 bits per heavy atom. The third-order valence-electron chi connectivity index (χ3n) is 3.45. The van der Waals surface area contributed by atoms with Crippen molar-refractivity contribution in [3.8, 4) is 0 Å². The SMILES string of the molecule is O=S(=O)(N[C@H]1CNCC[C@H]1O)c1ccc2nc[nH]c2c1. The molecule has 1 fully saturated rings. The van der Waals surface area contributed by atoms with E-state index in [2.05, 4.69) is 20.0 Å². The van der Waals surface area contributed by atoms with Gasteiger partial charge in [0.25, 0.3) is 0 Å². The van der Waals surface area contributed by atoms with Gasteiger partial charge in [-0.1, -0.05) is 0 Å². The lowest BCUT2D eigenvalue weighted by molar-refractivity contribution is 0.109. The van der Waals surface area contributed by atoms with Gasteiger partial charge in [-0.05, 0) is 31.2 Å². The van der Waals surface area contributed by atoms with Crippen LogP contribution < -0.4 is 10.0 Å². The van der Waals surface area contributed by atoms with Gasteiger partial charge in [0.1, 0.15) is 0 Å². The smallest absolute Gasteiger partial charge is 0.241 e. The molecule has 2 atom stereocenters. The molecule has 0 radical (unpaired) electrons. The maximum absolute atomic E-state index is 12.3. The van der Waals surface area contributed by atoms with Gasteiger partial charge in [-0.15, -0.1) is 0 Å². The van der Waals surface area contributed by atoms with Gasteiger partial charge in [0.05, 0.1) is 34.4 Å². The molecule has 2 heterocycles. The number of aliphatic hydroxyl groups excluding tert-OH is 1. The molecule has 0 saturated carbocycles. The van der Waals surface area contributed by atoms with Crippen LogP contribution >= 0.6 is 0 Å². The van der Waals surface area contributed by atoms with Crippen LogP contribution in [0.5, 0.6) is 0 Å². The lowest BCUT2D eigenvalue weighted by Crippen LogP contribution is -2.53. The molecule has 1 aliphatic heterocycles. The molecular formula is C12H16N4O3S. The van der Waals surface area contributed by atoms with E-state index in [4.69, 9.17) is 0 Å². The minimum absolute atomic E-state index is 0.159.